The second-order valence-corrected chi connectivity index (χ2v) is 8.74. The van der Waals surface area contributed by atoms with Gasteiger partial charge in [-0.25, -0.2) is 4.79 Å². The lowest BCUT2D eigenvalue weighted by Gasteiger charge is -2.33. The van der Waals surface area contributed by atoms with Crippen LogP contribution in [0.4, 0.5) is 10.5 Å². The van der Waals surface area contributed by atoms with Gasteiger partial charge in [0.2, 0.25) is 5.91 Å². The molecule has 0 aliphatic carbocycles. The second kappa shape index (κ2) is 8.90. The summed E-state index contributed by atoms with van der Waals surface area (Å²) in [4.78, 5) is 29.0. The Kier molecular flexibility index (Phi) is 6.07. The van der Waals surface area contributed by atoms with E-state index in [4.69, 9.17) is 0 Å². The van der Waals surface area contributed by atoms with E-state index in [2.05, 4.69) is 49.5 Å². The summed E-state index contributed by atoms with van der Waals surface area (Å²) in [6, 6.07) is 16.5. The summed E-state index contributed by atoms with van der Waals surface area (Å²) in [5, 5.41) is 3.09. The number of amides is 3. The lowest BCUT2D eigenvalue weighted by atomic mass is 9.90. The Bertz CT molecular complexity index is 904. The predicted octanol–water partition coefficient (Wildman–Crippen LogP) is 4.07. The number of hydrogen-bond acceptors (Lipinski definition) is 2. The first-order chi connectivity index (χ1) is 14.5. The maximum absolute atomic E-state index is 12.8. The molecule has 2 fully saturated rings. The monoisotopic (exact) mass is 405 g/mol. The summed E-state index contributed by atoms with van der Waals surface area (Å²) in [5.41, 5.74) is 4.68. The molecule has 1 unspecified atom stereocenters. The van der Waals surface area contributed by atoms with Crippen molar-refractivity contribution in [2.45, 2.75) is 45.6 Å². The van der Waals surface area contributed by atoms with E-state index in [1.54, 1.807) is 4.90 Å². The molecule has 158 valence electrons. The summed E-state index contributed by atoms with van der Waals surface area (Å²) in [6.45, 7) is 6.23. The van der Waals surface area contributed by atoms with Crippen molar-refractivity contribution in [2.75, 3.05) is 24.5 Å². The fraction of sp³-hybridized carbons (Fsp3) is 0.440. The number of urea groups is 1. The summed E-state index contributed by atoms with van der Waals surface area (Å²) >= 11 is 0. The molecule has 2 aromatic rings. The van der Waals surface area contributed by atoms with Gasteiger partial charge in [0.05, 0.1) is 6.04 Å². The van der Waals surface area contributed by atoms with Gasteiger partial charge in [0.1, 0.15) is 0 Å². The van der Waals surface area contributed by atoms with Gasteiger partial charge in [0, 0.05) is 31.7 Å². The van der Waals surface area contributed by atoms with Crippen molar-refractivity contribution in [3.05, 3.63) is 65.2 Å². The fourth-order valence-corrected chi connectivity index (χ4v) is 4.50. The Morgan fingerprint density at radius 2 is 1.77 bits per heavy atom. The molecule has 2 aliphatic heterocycles. The molecule has 0 aromatic heterocycles. The van der Waals surface area contributed by atoms with Crippen molar-refractivity contribution in [3.8, 4) is 0 Å². The number of hydrogen-bond donors (Lipinski definition) is 1. The number of carbonyl (C=O) groups excluding carboxylic acids is 2. The van der Waals surface area contributed by atoms with E-state index in [9.17, 15) is 9.59 Å². The molecule has 30 heavy (non-hydrogen) atoms. The maximum Gasteiger partial charge on any atom is 0.317 e. The highest BCUT2D eigenvalue weighted by atomic mass is 16.2. The number of carbonyl (C=O) groups is 2. The summed E-state index contributed by atoms with van der Waals surface area (Å²) in [5.74, 6) is 0.704. The van der Waals surface area contributed by atoms with Crippen molar-refractivity contribution in [2.24, 2.45) is 5.92 Å². The molecular weight excluding hydrogens is 374 g/mol. The first-order valence-electron chi connectivity index (χ1n) is 11.0. The van der Waals surface area contributed by atoms with E-state index in [-0.39, 0.29) is 18.0 Å². The standard InChI is InChI=1S/C25H31N3O2/c1-18-8-9-23(14-19(18)2)28-17-22(16-24(28)29)26-25(30)27-12-10-21(11-13-27)15-20-6-4-3-5-7-20/h3-9,14,21-22H,10-13,15-17H2,1-2H3,(H,26,30). The molecule has 0 saturated carbocycles. The number of likely N-dealkylation sites (tertiary alicyclic amines) is 1. The minimum Gasteiger partial charge on any atom is -0.333 e. The largest absolute Gasteiger partial charge is 0.333 e. The molecule has 2 aromatic carbocycles. The van der Waals surface area contributed by atoms with Gasteiger partial charge >= 0.3 is 6.03 Å². The zero-order valence-corrected chi connectivity index (χ0v) is 17.9. The average Bonchev–Trinajstić information content (AvgIpc) is 3.11. The van der Waals surface area contributed by atoms with Crippen LogP contribution in [-0.2, 0) is 11.2 Å². The van der Waals surface area contributed by atoms with Gasteiger partial charge in [0.15, 0.2) is 0 Å². The van der Waals surface area contributed by atoms with Gasteiger partial charge in [-0.3, -0.25) is 4.79 Å². The molecule has 0 spiro atoms. The fourth-order valence-electron chi connectivity index (χ4n) is 4.50. The van der Waals surface area contributed by atoms with E-state index in [0.717, 1.165) is 38.0 Å². The molecule has 0 radical (unpaired) electrons. The quantitative estimate of drug-likeness (QED) is 0.834. The van der Waals surface area contributed by atoms with Gasteiger partial charge in [-0.2, -0.15) is 0 Å². The van der Waals surface area contributed by atoms with Crippen LogP contribution < -0.4 is 10.2 Å². The molecule has 4 rings (SSSR count). The van der Waals surface area contributed by atoms with Gasteiger partial charge < -0.3 is 15.1 Å². The summed E-state index contributed by atoms with van der Waals surface area (Å²) in [7, 11) is 0. The number of nitrogens with zero attached hydrogens (tertiary/aromatic N) is 2. The molecular formula is C25H31N3O2. The van der Waals surface area contributed by atoms with Crippen molar-refractivity contribution in [1.29, 1.82) is 0 Å². The van der Waals surface area contributed by atoms with Crippen LogP contribution >= 0.6 is 0 Å². The lowest BCUT2D eigenvalue weighted by Crippen LogP contribution is -2.48. The van der Waals surface area contributed by atoms with E-state index in [1.807, 2.05) is 23.1 Å². The van der Waals surface area contributed by atoms with Crippen molar-refractivity contribution in [1.82, 2.24) is 10.2 Å². The molecule has 0 bridgehead atoms. The smallest absolute Gasteiger partial charge is 0.317 e. The molecule has 3 amide bonds. The van der Waals surface area contributed by atoms with Crippen LogP contribution in [0.1, 0.15) is 36.0 Å². The summed E-state index contributed by atoms with van der Waals surface area (Å²) < 4.78 is 0. The molecule has 5 nitrogen and oxygen atoms in total. The number of piperidine rings is 1. The maximum atomic E-state index is 12.8. The minimum absolute atomic E-state index is 0.0344. The third kappa shape index (κ3) is 4.66. The SMILES string of the molecule is Cc1ccc(N2CC(NC(=O)N3CCC(Cc4ccccc4)CC3)CC2=O)cc1C. The van der Waals surface area contributed by atoms with Gasteiger partial charge in [-0.05, 0) is 67.9 Å². The van der Waals surface area contributed by atoms with Crippen LogP contribution in [0.5, 0.6) is 0 Å². The Morgan fingerprint density at radius 3 is 2.47 bits per heavy atom. The third-order valence-corrected chi connectivity index (χ3v) is 6.52. The number of rotatable bonds is 4. The van der Waals surface area contributed by atoms with Crippen LogP contribution in [0, 0.1) is 19.8 Å². The number of aryl methyl sites for hydroxylation is 2. The van der Waals surface area contributed by atoms with Crippen LogP contribution in [0.15, 0.2) is 48.5 Å². The minimum atomic E-state index is -0.131. The van der Waals surface area contributed by atoms with Crippen molar-refractivity contribution in [3.63, 3.8) is 0 Å². The highest BCUT2D eigenvalue weighted by molar-refractivity contribution is 5.97. The Morgan fingerprint density at radius 1 is 1.03 bits per heavy atom. The normalized spacial score (nSPS) is 19.9. The van der Waals surface area contributed by atoms with Crippen LogP contribution in [-0.4, -0.2) is 42.5 Å². The van der Waals surface area contributed by atoms with Crippen molar-refractivity contribution >= 4 is 17.6 Å². The molecule has 1 atom stereocenters. The Labute approximate surface area is 179 Å². The van der Waals surface area contributed by atoms with E-state index in [0.29, 0.717) is 18.9 Å². The first-order valence-corrected chi connectivity index (χ1v) is 11.0. The second-order valence-electron chi connectivity index (χ2n) is 8.74. The number of nitrogens with one attached hydrogen (secondary N) is 1. The Balaban J connectivity index is 1.27. The molecule has 2 aliphatic rings. The zero-order chi connectivity index (χ0) is 21.1. The average molecular weight is 406 g/mol. The highest BCUT2D eigenvalue weighted by Crippen LogP contribution is 2.25. The molecule has 5 heteroatoms. The molecule has 1 N–H and O–H groups in total. The van der Waals surface area contributed by atoms with Gasteiger partial charge in [-0.1, -0.05) is 36.4 Å². The van der Waals surface area contributed by atoms with E-state index in [1.165, 1.54) is 16.7 Å². The number of anilines is 1. The predicted molar refractivity (Wildman–Crippen MR) is 120 cm³/mol. The van der Waals surface area contributed by atoms with Crippen LogP contribution in [0.25, 0.3) is 0 Å². The van der Waals surface area contributed by atoms with Gasteiger partial charge in [-0.15, -0.1) is 0 Å². The highest BCUT2D eigenvalue weighted by Gasteiger charge is 2.33. The van der Waals surface area contributed by atoms with Crippen LogP contribution in [0.2, 0.25) is 0 Å². The molecule has 2 heterocycles. The third-order valence-electron chi connectivity index (χ3n) is 6.52. The lowest BCUT2D eigenvalue weighted by molar-refractivity contribution is -0.117. The van der Waals surface area contributed by atoms with E-state index >= 15 is 0 Å². The van der Waals surface area contributed by atoms with E-state index < -0.39 is 0 Å². The van der Waals surface area contributed by atoms with Crippen LogP contribution in [0.3, 0.4) is 0 Å². The zero-order valence-electron chi connectivity index (χ0n) is 17.9. The van der Waals surface area contributed by atoms with Gasteiger partial charge in [0.25, 0.3) is 0 Å². The Hall–Kier alpha value is -2.82. The summed E-state index contributed by atoms with van der Waals surface area (Å²) in [6.07, 6.45) is 3.50. The topological polar surface area (TPSA) is 52.7 Å². The number of benzene rings is 2. The first kappa shape index (κ1) is 20.5. The van der Waals surface area contributed by atoms with Crippen molar-refractivity contribution < 1.29 is 9.59 Å². The molecule has 2 saturated heterocycles.